The first-order valence-corrected chi connectivity index (χ1v) is 13.0. The van der Waals surface area contributed by atoms with Gasteiger partial charge in [-0.15, -0.1) is 0 Å². The molecule has 0 atom stereocenters. The Balaban J connectivity index is 1.79. The number of aromatic nitrogens is 2. The first-order chi connectivity index (χ1) is 15.8. The highest BCUT2D eigenvalue weighted by molar-refractivity contribution is 7.17. The molecule has 33 heavy (non-hydrogen) atoms. The second-order valence-electron chi connectivity index (χ2n) is 8.27. The van der Waals surface area contributed by atoms with Crippen molar-refractivity contribution in [2.24, 2.45) is 0 Å². The van der Waals surface area contributed by atoms with Crippen LogP contribution < -0.4 is 10.5 Å². The van der Waals surface area contributed by atoms with Gasteiger partial charge in [0.05, 0.1) is 28.0 Å². The Morgan fingerprint density at radius 2 is 1.85 bits per heavy atom. The lowest BCUT2D eigenvalue weighted by atomic mass is 10.1. The summed E-state index contributed by atoms with van der Waals surface area (Å²) in [6.45, 7) is 7.33. The minimum absolute atomic E-state index is 0.0956. The van der Waals surface area contributed by atoms with Crippen LogP contribution in [0.3, 0.4) is 0 Å². The Morgan fingerprint density at radius 3 is 2.48 bits per heavy atom. The largest absolute Gasteiger partial charge is 0.501 e. The van der Waals surface area contributed by atoms with Crippen molar-refractivity contribution in [2.75, 3.05) is 13.1 Å². The van der Waals surface area contributed by atoms with Crippen LogP contribution in [-0.2, 0) is 13.0 Å². The zero-order valence-electron chi connectivity index (χ0n) is 19.0. The Bertz CT molecular complexity index is 1170. The predicted octanol–water partition coefficient (Wildman–Crippen LogP) is 4.57. The summed E-state index contributed by atoms with van der Waals surface area (Å²) in [5, 5.41) is 11.3. The number of aromatic hydroxyl groups is 1. The maximum Gasteiger partial charge on any atom is 0.301 e. The summed E-state index contributed by atoms with van der Waals surface area (Å²) < 4.78 is 1.35. The number of hydrogen-bond acceptors (Lipinski definition) is 5. The van der Waals surface area contributed by atoms with Crippen molar-refractivity contribution >= 4 is 45.3 Å². The Morgan fingerprint density at radius 1 is 1.15 bits per heavy atom. The molecule has 178 valence electrons. The van der Waals surface area contributed by atoms with Gasteiger partial charge in [0.2, 0.25) is 5.75 Å². The van der Waals surface area contributed by atoms with Gasteiger partial charge < -0.3 is 10.0 Å². The first kappa shape index (κ1) is 25.7. The number of ketones is 1. The number of nitrogens with zero attached hydrogens (tertiary/aromatic N) is 2. The second kappa shape index (κ2) is 12.0. The molecule has 0 bridgehead atoms. The molecule has 0 aliphatic rings. The number of benzene rings is 1. The fourth-order valence-corrected chi connectivity index (χ4v) is 5.09. The normalized spacial score (nSPS) is 11.5. The molecule has 6 nitrogen and oxygen atoms in total. The molecule has 0 saturated carbocycles. The lowest BCUT2D eigenvalue weighted by Crippen LogP contribution is -3.10. The number of hydrogen-bond donors (Lipinski definition) is 2. The number of carbonyl (C=O) groups excluding carboxylic acids is 1. The molecule has 2 heterocycles. The average Bonchev–Trinajstić information content (AvgIpc) is 3.21. The van der Waals surface area contributed by atoms with Crippen LogP contribution in [-0.4, -0.2) is 33.4 Å². The van der Waals surface area contributed by atoms with Crippen LogP contribution in [0.2, 0.25) is 10.0 Å². The average molecular weight is 511 g/mol. The van der Waals surface area contributed by atoms with Gasteiger partial charge in [-0.3, -0.25) is 14.0 Å². The van der Waals surface area contributed by atoms with E-state index in [0.717, 1.165) is 55.8 Å². The molecule has 0 aliphatic carbocycles. The van der Waals surface area contributed by atoms with Crippen LogP contribution >= 0.6 is 34.5 Å². The van der Waals surface area contributed by atoms with E-state index >= 15 is 0 Å². The molecular weight excluding hydrogens is 481 g/mol. The SMILES string of the molecule is CCCC[NH+](CCCC)Cc1cn2c(=O)c(O)c(C(=O)CCc3ccc(Cl)c(Cl)c3)nc2s1. The summed E-state index contributed by atoms with van der Waals surface area (Å²) in [7, 11) is 0. The number of Topliss-reactive ketones (excluding diaryl/α,β-unsaturated/α-hetero) is 1. The summed E-state index contributed by atoms with van der Waals surface area (Å²) in [4.78, 5) is 32.8. The lowest BCUT2D eigenvalue weighted by molar-refractivity contribution is -0.914. The van der Waals surface area contributed by atoms with Crippen LogP contribution in [0.1, 0.15) is 66.9 Å². The lowest BCUT2D eigenvalue weighted by Gasteiger charge is -2.18. The number of nitrogens with one attached hydrogen (secondary N) is 1. The van der Waals surface area contributed by atoms with E-state index in [0.29, 0.717) is 21.4 Å². The number of fused-ring (bicyclic) bond motifs is 1. The first-order valence-electron chi connectivity index (χ1n) is 11.4. The Kier molecular flexibility index (Phi) is 9.32. The van der Waals surface area contributed by atoms with Gasteiger partial charge in [-0.2, -0.15) is 0 Å². The van der Waals surface area contributed by atoms with Crippen molar-refractivity contribution in [1.29, 1.82) is 0 Å². The molecule has 0 radical (unpaired) electrons. The van der Waals surface area contributed by atoms with Gasteiger partial charge in [0.15, 0.2) is 16.4 Å². The molecule has 2 aromatic heterocycles. The minimum atomic E-state index is -0.607. The molecule has 0 unspecified atom stereocenters. The molecule has 3 rings (SSSR count). The number of aryl methyl sites for hydroxylation is 1. The van der Waals surface area contributed by atoms with Gasteiger partial charge in [0.1, 0.15) is 6.54 Å². The van der Waals surface area contributed by atoms with Crippen LogP contribution in [0, 0.1) is 0 Å². The van der Waals surface area contributed by atoms with E-state index in [9.17, 15) is 14.7 Å². The zero-order chi connectivity index (χ0) is 24.0. The predicted molar refractivity (Wildman–Crippen MR) is 134 cm³/mol. The molecule has 9 heteroatoms. The standard InChI is InChI=1S/C24H29Cl2N3O3S/c1-3-5-11-28(12-6-4-2)14-17-15-29-23(32)22(31)21(27-24(29)33-17)20(30)10-8-16-7-9-18(25)19(26)13-16/h7,9,13,15,31H,3-6,8,10-12,14H2,1-2H3/p+1. The van der Waals surface area contributed by atoms with Gasteiger partial charge in [0.25, 0.3) is 0 Å². The molecule has 2 N–H and O–H groups in total. The smallest absolute Gasteiger partial charge is 0.301 e. The molecular formula is C24H30Cl2N3O3S+. The van der Waals surface area contributed by atoms with E-state index in [1.165, 1.54) is 20.6 Å². The Labute approximate surface area is 207 Å². The maximum absolute atomic E-state index is 12.8. The minimum Gasteiger partial charge on any atom is -0.501 e. The topological polar surface area (TPSA) is 76.1 Å². The third kappa shape index (κ3) is 6.57. The highest BCUT2D eigenvalue weighted by Crippen LogP contribution is 2.24. The van der Waals surface area contributed by atoms with Gasteiger partial charge in [-0.25, -0.2) is 4.98 Å². The van der Waals surface area contributed by atoms with Crippen LogP contribution in [0.5, 0.6) is 5.75 Å². The molecule has 0 fully saturated rings. The summed E-state index contributed by atoms with van der Waals surface area (Å²) in [6.07, 6.45) is 6.84. The van der Waals surface area contributed by atoms with Crippen molar-refractivity contribution in [1.82, 2.24) is 9.38 Å². The fourth-order valence-electron chi connectivity index (χ4n) is 3.73. The highest BCUT2D eigenvalue weighted by Gasteiger charge is 2.21. The molecule has 0 spiro atoms. The van der Waals surface area contributed by atoms with E-state index in [4.69, 9.17) is 23.2 Å². The van der Waals surface area contributed by atoms with Gasteiger partial charge in [-0.1, -0.05) is 67.3 Å². The number of carbonyl (C=O) groups is 1. The number of thiazole rings is 1. The summed E-state index contributed by atoms with van der Waals surface area (Å²) in [5.41, 5.74) is 0.0642. The molecule has 0 amide bonds. The number of unbranched alkanes of at least 4 members (excludes halogenated alkanes) is 2. The third-order valence-corrected chi connectivity index (χ3v) is 7.36. The van der Waals surface area contributed by atoms with E-state index in [1.54, 1.807) is 24.4 Å². The molecule has 0 aliphatic heterocycles. The van der Waals surface area contributed by atoms with Gasteiger partial charge >= 0.3 is 5.56 Å². The van der Waals surface area contributed by atoms with E-state index in [2.05, 4.69) is 18.8 Å². The van der Waals surface area contributed by atoms with Crippen molar-refractivity contribution in [3.63, 3.8) is 0 Å². The number of rotatable bonds is 12. The number of quaternary nitrogens is 1. The van der Waals surface area contributed by atoms with E-state index in [1.807, 2.05) is 0 Å². The van der Waals surface area contributed by atoms with Crippen LogP contribution in [0.15, 0.2) is 29.2 Å². The quantitative estimate of drug-likeness (QED) is 0.350. The molecule has 3 aromatic rings. The highest BCUT2D eigenvalue weighted by atomic mass is 35.5. The zero-order valence-corrected chi connectivity index (χ0v) is 21.3. The summed E-state index contributed by atoms with van der Waals surface area (Å²) in [6, 6.07) is 5.18. The van der Waals surface area contributed by atoms with Crippen molar-refractivity contribution in [3.8, 4) is 5.75 Å². The fraction of sp³-hybridized carbons (Fsp3) is 0.458. The number of halogens is 2. The monoisotopic (exact) mass is 510 g/mol. The maximum atomic E-state index is 12.8. The molecule has 0 saturated heterocycles. The molecule has 1 aromatic carbocycles. The van der Waals surface area contributed by atoms with E-state index < -0.39 is 11.3 Å². The van der Waals surface area contributed by atoms with Crippen molar-refractivity contribution in [3.05, 3.63) is 60.9 Å². The van der Waals surface area contributed by atoms with Crippen LogP contribution in [0.4, 0.5) is 0 Å². The van der Waals surface area contributed by atoms with Crippen molar-refractivity contribution in [2.45, 2.75) is 58.9 Å². The van der Waals surface area contributed by atoms with Crippen molar-refractivity contribution < 1.29 is 14.8 Å². The van der Waals surface area contributed by atoms with Crippen LogP contribution in [0.25, 0.3) is 4.96 Å². The Hall–Kier alpha value is -1.93. The van der Waals surface area contributed by atoms with Gasteiger partial charge in [0, 0.05) is 12.6 Å². The summed E-state index contributed by atoms with van der Waals surface area (Å²) in [5.74, 6) is -0.983. The van der Waals surface area contributed by atoms with E-state index in [-0.39, 0.29) is 17.9 Å². The third-order valence-electron chi connectivity index (χ3n) is 5.64. The second-order valence-corrected chi connectivity index (χ2v) is 10.2. The summed E-state index contributed by atoms with van der Waals surface area (Å²) >= 11 is 13.4. The van der Waals surface area contributed by atoms with Gasteiger partial charge in [-0.05, 0) is 37.0 Å².